The van der Waals surface area contributed by atoms with Crippen molar-refractivity contribution in [2.24, 2.45) is 0 Å². The molecule has 35 heavy (non-hydrogen) atoms. The number of aliphatic hydroxyl groups is 1. The molecule has 0 bridgehead atoms. The van der Waals surface area contributed by atoms with Crippen molar-refractivity contribution in [2.45, 2.75) is 57.0 Å². The lowest BCUT2D eigenvalue weighted by atomic mass is 9.88. The van der Waals surface area contributed by atoms with Crippen LogP contribution in [0.25, 0.3) is 5.65 Å². The quantitative estimate of drug-likeness (QED) is 0.345. The number of rotatable bonds is 10. The van der Waals surface area contributed by atoms with Crippen molar-refractivity contribution in [3.8, 4) is 0 Å². The molecule has 1 aliphatic rings. The highest BCUT2D eigenvalue weighted by Gasteiger charge is 2.46. The number of alkyl halides is 2. The van der Waals surface area contributed by atoms with Crippen LogP contribution in [0.4, 0.5) is 26.1 Å². The number of nitrogens with one attached hydrogen (secondary N) is 3. The second-order valence-electron chi connectivity index (χ2n) is 8.72. The van der Waals surface area contributed by atoms with Gasteiger partial charge in [0.25, 0.3) is 17.4 Å². The van der Waals surface area contributed by atoms with Crippen LogP contribution >= 0.6 is 0 Å². The molecular formula is C23H29F2N7O3. The van der Waals surface area contributed by atoms with Crippen molar-refractivity contribution in [1.29, 1.82) is 0 Å². The number of hydrogen-bond donors (Lipinski definition) is 4. The highest BCUT2D eigenvalue weighted by atomic mass is 19.3. The molecule has 3 aromatic heterocycles. The van der Waals surface area contributed by atoms with E-state index in [0.29, 0.717) is 12.2 Å². The zero-order valence-corrected chi connectivity index (χ0v) is 19.6. The summed E-state index contributed by atoms with van der Waals surface area (Å²) in [5, 5.41) is 22.4. The fraction of sp³-hybridized carbons (Fsp3) is 0.478. The number of halogens is 2. The first-order valence-electron chi connectivity index (χ1n) is 11.6. The first-order valence-corrected chi connectivity index (χ1v) is 11.6. The Bertz CT molecular complexity index is 1260. The van der Waals surface area contributed by atoms with Gasteiger partial charge >= 0.3 is 0 Å². The van der Waals surface area contributed by atoms with Crippen LogP contribution in [-0.4, -0.2) is 55.8 Å². The fourth-order valence-electron chi connectivity index (χ4n) is 4.28. The maximum absolute atomic E-state index is 13.3. The molecular weight excluding hydrogens is 460 g/mol. The average molecular weight is 490 g/mol. The average Bonchev–Trinajstić information content (AvgIpc) is 3.23. The summed E-state index contributed by atoms with van der Waals surface area (Å²) < 4.78 is 29.4. The molecule has 4 N–H and O–H groups in total. The van der Waals surface area contributed by atoms with Crippen LogP contribution in [0.1, 0.15) is 55.4 Å². The zero-order chi connectivity index (χ0) is 25.2. The van der Waals surface area contributed by atoms with Crippen LogP contribution in [0.15, 0.2) is 35.4 Å². The summed E-state index contributed by atoms with van der Waals surface area (Å²) in [6.07, 6.45) is 4.19. The van der Waals surface area contributed by atoms with Gasteiger partial charge in [0.05, 0.1) is 6.20 Å². The number of hydrogen-bond acceptors (Lipinski definition) is 7. The summed E-state index contributed by atoms with van der Waals surface area (Å²) >= 11 is 0. The number of carbonyl (C=O) groups excluding carboxylic acids is 1. The van der Waals surface area contributed by atoms with Crippen molar-refractivity contribution < 1.29 is 18.7 Å². The van der Waals surface area contributed by atoms with E-state index in [0.717, 1.165) is 12.8 Å². The van der Waals surface area contributed by atoms with E-state index in [4.69, 9.17) is 0 Å². The van der Waals surface area contributed by atoms with Crippen LogP contribution in [0, 0.1) is 0 Å². The van der Waals surface area contributed by atoms with E-state index in [2.05, 4.69) is 26.0 Å². The standard InChI is InChI=1S/C23H29F2N7O3/c1-3-5-14(7-9-33)28-21(34)16-13-27-32-19(26-2)10-18(30-20(16)32)29-17-6-4-8-31(22(17)35)15-11-23(24,25)12-15/h4,6,8,10,13-15,26,33H,3,5,7,9,11-12H2,1-2H3,(H,28,34)(H,29,30)/t14-/m1/s1. The van der Waals surface area contributed by atoms with Gasteiger partial charge in [-0.15, -0.1) is 0 Å². The third-order valence-corrected chi connectivity index (χ3v) is 6.12. The predicted octanol–water partition coefficient (Wildman–Crippen LogP) is 2.93. The molecule has 0 aliphatic heterocycles. The fourth-order valence-corrected chi connectivity index (χ4v) is 4.28. The van der Waals surface area contributed by atoms with E-state index >= 15 is 0 Å². The second kappa shape index (κ2) is 9.98. The molecule has 3 aromatic rings. The highest BCUT2D eigenvalue weighted by molar-refractivity contribution is 6.00. The Kier molecular flexibility index (Phi) is 7.01. The molecule has 0 aromatic carbocycles. The Morgan fingerprint density at radius 1 is 1.34 bits per heavy atom. The summed E-state index contributed by atoms with van der Waals surface area (Å²) in [4.78, 5) is 30.4. The van der Waals surface area contributed by atoms with Crippen LogP contribution in [-0.2, 0) is 0 Å². The van der Waals surface area contributed by atoms with Crippen molar-refractivity contribution >= 4 is 28.9 Å². The molecule has 1 fully saturated rings. The van der Waals surface area contributed by atoms with Gasteiger partial charge in [-0.3, -0.25) is 9.59 Å². The van der Waals surface area contributed by atoms with Gasteiger partial charge < -0.3 is 25.6 Å². The third kappa shape index (κ3) is 5.11. The van der Waals surface area contributed by atoms with E-state index in [9.17, 15) is 23.5 Å². The maximum Gasteiger partial charge on any atom is 0.274 e. The van der Waals surface area contributed by atoms with Crippen LogP contribution in [0.3, 0.4) is 0 Å². The van der Waals surface area contributed by atoms with E-state index in [1.165, 1.54) is 21.5 Å². The largest absolute Gasteiger partial charge is 0.396 e. The van der Waals surface area contributed by atoms with E-state index in [-0.39, 0.29) is 54.1 Å². The number of fused-ring (bicyclic) bond motifs is 1. The summed E-state index contributed by atoms with van der Waals surface area (Å²) in [5.74, 6) is -2.31. The van der Waals surface area contributed by atoms with Gasteiger partial charge in [0.2, 0.25) is 0 Å². The van der Waals surface area contributed by atoms with Gasteiger partial charge in [-0.2, -0.15) is 9.61 Å². The van der Waals surface area contributed by atoms with E-state index in [1.54, 1.807) is 25.2 Å². The van der Waals surface area contributed by atoms with Gasteiger partial charge in [-0.25, -0.2) is 13.8 Å². The molecule has 12 heteroatoms. The Hall–Kier alpha value is -3.54. The van der Waals surface area contributed by atoms with Crippen LogP contribution < -0.4 is 21.5 Å². The molecule has 0 radical (unpaired) electrons. The molecule has 10 nitrogen and oxygen atoms in total. The van der Waals surface area contributed by atoms with Crippen molar-refractivity contribution in [3.05, 3.63) is 46.5 Å². The number of aliphatic hydroxyl groups excluding tert-OH is 1. The number of aromatic nitrogens is 4. The number of anilines is 3. The first-order chi connectivity index (χ1) is 16.8. The summed E-state index contributed by atoms with van der Waals surface area (Å²) in [5.41, 5.74) is 0.258. The number of amides is 1. The Morgan fingerprint density at radius 2 is 2.11 bits per heavy atom. The smallest absolute Gasteiger partial charge is 0.274 e. The second-order valence-corrected chi connectivity index (χ2v) is 8.72. The normalized spacial score (nSPS) is 16.0. The van der Waals surface area contributed by atoms with E-state index in [1.807, 2.05) is 6.92 Å². The highest BCUT2D eigenvalue weighted by Crippen LogP contribution is 2.44. The molecule has 0 saturated heterocycles. The predicted molar refractivity (Wildman–Crippen MR) is 128 cm³/mol. The van der Waals surface area contributed by atoms with Crippen LogP contribution in [0.5, 0.6) is 0 Å². The summed E-state index contributed by atoms with van der Waals surface area (Å²) in [6, 6.07) is 4.06. The van der Waals surface area contributed by atoms with Crippen LogP contribution in [0.2, 0.25) is 0 Å². The molecule has 1 saturated carbocycles. The van der Waals surface area contributed by atoms with Gasteiger partial charge in [-0.05, 0) is 25.0 Å². The summed E-state index contributed by atoms with van der Waals surface area (Å²) in [6.45, 7) is 1.96. The zero-order valence-electron chi connectivity index (χ0n) is 19.6. The minimum atomic E-state index is -2.74. The van der Waals surface area contributed by atoms with Gasteiger partial charge in [-0.1, -0.05) is 13.3 Å². The lowest BCUT2D eigenvalue weighted by Gasteiger charge is -2.36. The first kappa shape index (κ1) is 24.6. The van der Waals surface area contributed by atoms with Crippen molar-refractivity contribution in [3.63, 3.8) is 0 Å². The minimum Gasteiger partial charge on any atom is -0.396 e. The summed E-state index contributed by atoms with van der Waals surface area (Å²) in [7, 11) is 1.69. The van der Waals surface area contributed by atoms with Crippen molar-refractivity contribution in [2.75, 3.05) is 24.3 Å². The van der Waals surface area contributed by atoms with E-state index < -0.39 is 17.5 Å². The lowest BCUT2D eigenvalue weighted by molar-refractivity contribution is -0.104. The van der Waals surface area contributed by atoms with Gasteiger partial charge in [0, 0.05) is 50.8 Å². The molecule has 0 spiro atoms. The molecule has 188 valence electrons. The molecule has 0 unspecified atom stereocenters. The van der Waals surface area contributed by atoms with Gasteiger partial charge in [0.15, 0.2) is 5.65 Å². The Morgan fingerprint density at radius 3 is 2.77 bits per heavy atom. The monoisotopic (exact) mass is 489 g/mol. The molecule has 3 heterocycles. The Balaban J connectivity index is 1.64. The topological polar surface area (TPSA) is 126 Å². The minimum absolute atomic E-state index is 0.0387. The van der Waals surface area contributed by atoms with Gasteiger partial charge in [0.1, 0.15) is 22.9 Å². The molecule has 1 atom stereocenters. The molecule has 1 aliphatic carbocycles. The number of carbonyl (C=O) groups is 1. The number of pyridine rings is 1. The van der Waals surface area contributed by atoms with Crippen molar-refractivity contribution in [1.82, 2.24) is 24.5 Å². The third-order valence-electron chi connectivity index (χ3n) is 6.12. The Labute approximate surface area is 200 Å². The molecule has 1 amide bonds. The molecule has 4 rings (SSSR count). The number of nitrogens with zero attached hydrogens (tertiary/aromatic N) is 4. The lowest BCUT2D eigenvalue weighted by Crippen LogP contribution is -2.41. The maximum atomic E-state index is 13.3. The SMILES string of the molecule is CCC[C@H](CCO)NC(=O)c1cnn2c(NC)cc(Nc3cccn(C4CC(F)(F)C4)c3=O)nc12.